The first-order valence-electron chi connectivity index (χ1n) is 12.1. The summed E-state index contributed by atoms with van der Waals surface area (Å²) in [6.07, 6.45) is 8.19. The largest absolute Gasteiger partial charge is 0.352 e. The van der Waals surface area contributed by atoms with E-state index in [1.165, 1.54) is 12.8 Å². The number of pyridine rings is 2. The summed E-state index contributed by atoms with van der Waals surface area (Å²) >= 11 is 0. The summed E-state index contributed by atoms with van der Waals surface area (Å²) in [6, 6.07) is 9.79. The molecule has 5 heterocycles. The molecule has 2 aliphatic heterocycles. The number of nitrogens with one attached hydrogen (secondary N) is 1. The van der Waals surface area contributed by atoms with Gasteiger partial charge in [0.2, 0.25) is 5.95 Å². The average molecular weight is 473 g/mol. The summed E-state index contributed by atoms with van der Waals surface area (Å²) in [5.41, 5.74) is 3.68. The molecule has 180 valence electrons. The lowest BCUT2D eigenvalue weighted by molar-refractivity contribution is 0.218. The number of alkyl halides is 1. The molecular weight excluding hydrogens is 443 g/mol. The molecule has 0 aromatic carbocycles. The Morgan fingerprint density at radius 2 is 1.94 bits per heavy atom. The molecule has 35 heavy (non-hydrogen) atoms. The fourth-order valence-corrected chi connectivity index (χ4v) is 4.73. The van der Waals surface area contributed by atoms with Crippen molar-refractivity contribution in [3.63, 3.8) is 0 Å². The summed E-state index contributed by atoms with van der Waals surface area (Å²) in [7, 11) is 2.18. The Morgan fingerprint density at radius 1 is 1.09 bits per heavy atom. The second kappa shape index (κ2) is 10.3. The predicted octanol–water partition coefficient (Wildman–Crippen LogP) is 3.98. The standard InChI is InChI=1S/C26H29FN8/c1-34-9-5-18(6-10-34)12-22-2-3-23(16-30-22)32-26-29-8-4-24(33-26)20-13-19(14-28)25(31-15-20)35-11-7-21(27)17-35/h2-4,8,13,15-16,18,21H,5-7,9-12,17H2,1H3,(H,29,32,33)/t21-/m0/s1. The normalized spacial score (nSPS) is 19.0. The predicted molar refractivity (Wildman–Crippen MR) is 133 cm³/mol. The van der Waals surface area contributed by atoms with Gasteiger partial charge in [0.25, 0.3) is 0 Å². The first-order valence-corrected chi connectivity index (χ1v) is 12.1. The van der Waals surface area contributed by atoms with E-state index in [2.05, 4.69) is 49.3 Å². The SMILES string of the molecule is CN1CCC(Cc2ccc(Nc3nccc(-c4cnc(N5CC[C@H](F)C5)c(C#N)c4)n3)cn2)CC1. The lowest BCUT2D eigenvalue weighted by atomic mass is 9.92. The molecule has 9 heteroatoms. The van der Waals surface area contributed by atoms with Crippen LogP contribution in [-0.2, 0) is 6.42 Å². The van der Waals surface area contributed by atoms with Crippen molar-refractivity contribution in [1.82, 2.24) is 24.8 Å². The number of nitriles is 1. The number of nitrogens with zero attached hydrogens (tertiary/aromatic N) is 7. The lowest BCUT2D eigenvalue weighted by Gasteiger charge is -2.28. The molecule has 0 aliphatic carbocycles. The highest BCUT2D eigenvalue weighted by Crippen LogP contribution is 2.27. The van der Waals surface area contributed by atoms with Crippen molar-refractivity contribution in [1.29, 1.82) is 5.26 Å². The minimum atomic E-state index is -0.878. The molecule has 1 N–H and O–H groups in total. The van der Waals surface area contributed by atoms with Crippen molar-refractivity contribution in [2.75, 3.05) is 43.4 Å². The monoisotopic (exact) mass is 472 g/mol. The van der Waals surface area contributed by atoms with Crippen LogP contribution in [0.15, 0.2) is 42.9 Å². The highest BCUT2D eigenvalue weighted by Gasteiger charge is 2.25. The zero-order valence-corrected chi connectivity index (χ0v) is 19.9. The van der Waals surface area contributed by atoms with Crippen molar-refractivity contribution in [2.45, 2.75) is 31.9 Å². The Morgan fingerprint density at radius 3 is 2.66 bits per heavy atom. The summed E-state index contributed by atoms with van der Waals surface area (Å²) < 4.78 is 13.6. The van der Waals surface area contributed by atoms with Gasteiger partial charge in [-0.15, -0.1) is 0 Å². The van der Waals surface area contributed by atoms with Crippen molar-refractivity contribution >= 4 is 17.5 Å². The molecule has 5 rings (SSSR count). The molecule has 0 radical (unpaired) electrons. The molecule has 0 bridgehead atoms. The number of anilines is 3. The summed E-state index contributed by atoms with van der Waals surface area (Å²) in [5, 5.41) is 12.9. The van der Waals surface area contributed by atoms with E-state index in [0.717, 1.165) is 30.9 Å². The van der Waals surface area contributed by atoms with Crippen LogP contribution in [0.25, 0.3) is 11.3 Å². The Labute approximate surface area is 204 Å². The minimum Gasteiger partial charge on any atom is -0.352 e. The Bertz CT molecular complexity index is 1200. The number of likely N-dealkylation sites (tertiary alicyclic amines) is 1. The van der Waals surface area contributed by atoms with E-state index in [-0.39, 0.29) is 6.54 Å². The zero-order chi connectivity index (χ0) is 24.2. The minimum absolute atomic E-state index is 0.271. The van der Waals surface area contributed by atoms with E-state index in [4.69, 9.17) is 0 Å². The van der Waals surface area contributed by atoms with Gasteiger partial charge < -0.3 is 15.1 Å². The maximum Gasteiger partial charge on any atom is 0.227 e. The Kier molecular flexibility index (Phi) is 6.82. The third-order valence-electron chi connectivity index (χ3n) is 6.79. The number of rotatable bonds is 6. The Hall–Kier alpha value is -3.64. The van der Waals surface area contributed by atoms with E-state index < -0.39 is 6.17 Å². The summed E-state index contributed by atoms with van der Waals surface area (Å²) in [6.45, 7) is 3.15. The third-order valence-corrected chi connectivity index (χ3v) is 6.79. The van der Waals surface area contributed by atoms with Crippen molar-refractivity contribution in [3.05, 3.63) is 54.1 Å². The van der Waals surface area contributed by atoms with Crippen LogP contribution >= 0.6 is 0 Å². The maximum atomic E-state index is 13.6. The number of halogens is 1. The maximum absolute atomic E-state index is 13.6. The fourth-order valence-electron chi connectivity index (χ4n) is 4.73. The molecule has 3 aromatic heterocycles. The number of hydrogen-bond acceptors (Lipinski definition) is 8. The van der Waals surface area contributed by atoms with Crippen LogP contribution in [0.5, 0.6) is 0 Å². The first-order chi connectivity index (χ1) is 17.1. The average Bonchev–Trinajstić information content (AvgIpc) is 3.32. The number of piperidine rings is 1. The van der Waals surface area contributed by atoms with Gasteiger partial charge >= 0.3 is 0 Å². The highest BCUT2D eigenvalue weighted by molar-refractivity contribution is 5.67. The smallest absolute Gasteiger partial charge is 0.227 e. The van der Waals surface area contributed by atoms with E-state index in [1.807, 2.05) is 17.2 Å². The van der Waals surface area contributed by atoms with Gasteiger partial charge in [-0.3, -0.25) is 4.98 Å². The number of aromatic nitrogens is 4. The van der Waals surface area contributed by atoms with Crippen molar-refractivity contribution in [2.24, 2.45) is 5.92 Å². The highest BCUT2D eigenvalue weighted by atomic mass is 19.1. The summed E-state index contributed by atoms with van der Waals surface area (Å²) in [4.78, 5) is 22.2. The van der Waals surface area contributed by atoms with Gasteiger partial charge in [-0.05, 0) is 76.0 Å². The second-order valence-electron chi connectivity index (χ2n) is 9.42. The van der Waals surface area contributed by atoms with Crippen LogP contribution in [0.2, 0.25) is 0 Å². The molecule has 0 amide bonds. The first kappa shape index (κ1) is 23.1. The number of hydrogen-bond donors (Lipinski definition) is 1. The van der Waals surface area contributed by atoms with Crippen LogP contribution < -0.4 is 10.2 Å². The molecule has 3 aromatic rings. The molecule has 0 spiro atoms. The lowest BCUT2D eigenvalue weighted by Crippen LogP contribution is -2.31. The fraction of sp³-hybridized carbons (Fsp3) is 0.423. The molecule has 8 nitrogen and oxygen atoms in total. The van der Waals surface area contributed by atoms with E-state index in [1.54, 1.807) is 24.5 Å². The molecule has 1 atom stereocenters. The van der Waals surface area contributed by atoms with Gasteiger partial charge in [0.1, 0.15) is 18.1 Å². The van der Waals surface area contributed by atoms with Gasteiger partial charge in [0, 0.05) is 30.2 Å². The van der Waals surface area contributed by atoms with Gasteiger partial charge in [-0.25, -0.2) is 19.3 Å². The van der Waals surface area contributed by atoms with Crippen LogP contribution in [0.4, 0.5) is 21.8 Å². The second-order valence-corrected chi connectivity index (χ2v) is 9.42. The van der Waals surface area contributed by atoms with E-state index >= 15 is 0 Å². The quantitative estimate of drug-likeness (QED) is 0.576. The molecular formula is C26H29FN8. The van der Waals surface area contributed by atoms with Crippen LogP contribution in [0, 0.1) is 17.2 Å². The Balaban J connectivity index is 1.26. The molecule has 0 saturated carbocycles. The van der Waals surface area contributed by atoms with Gasteiger partial charge in [0.05, 0.1) is 29.7 Å². The molecule has 0 unspecified atom stereocenters. The van der Waals surface area contributed by atoms with Gasteiger partial charge in [-0.1, -0.05) is 0 Å². The molecule has 2 fully saturated rings. The zero-order valence-electron chi connectivity index (χ0n) is 19.9. The van der Waals surface area contributed by atoms with E-state index in [0.29, 0.717) is 47.5 Å². The van der Waals surface area contributed by atoms with Gasteiger partial charge in [0.15, 0.2) is 0 Å². The summed E-state index contributed by atoms with van der Waals surface area (Å²) in [5.74, 6) is 1.66. The third kappa shape index (κ3) is 5.54. The van der Waals surface area contributed by atoms with Crippen LogP contribution in [0.3, 0.4) is 0 Å². The van der Waals surface area contributed by atoms with Gasteiger partial charge in [-0.2, -0.15) is 5.26 Å². The molecule has 2 saturated heterocycles. The van der Waals surface area contributed by atoms with Crippen molar-refractivity contribution in [3.8, 4) is 17.3 Å². The van der Waals surface area contributed by atoms with Crippen molar-refractivity contribution < 1.29 is 4.39 Å². The van der Waals surface area contributed by atoms with Crippen LogP contribution in [0.1, 0.15) is 30.5 Å². The molecule has 2 aliphatic rings. The van der Waals surface area contributed by atoms with E-state index in [9.17, 15) is 9.65 Å². The topological polar surface area (TPSA) is 93.9 Å². The van der Waals surface area contributed by atoms with Crippen LogP contribution in [-0.4, -0.2) is 64.2 Å².